The Bertz CT molecular complexity index is 260. The molecule has 0 aromatic heterocycles. The van der Waals surface area contributed by atoms with Crippen LogP contribution in [-0.2, 0) is 18.9 Å². The summed E-state index contributed by atoms with van der Waals surface area (Å²) in [5, 5.41) is 0. The minimum absolute atomic E-state index is 0.0447. The number of methoxy groups -OCH3 is 1. The van der Waals surface area contributed by atoms with E-state index in [2.05, 4.69) is 13.8 Å². The molecule has 1 aliphatic carbocycles. The van der Waals surface area contributed by atoms with E-state index in [4.69, 9.17) is 18.9 Å². The van der Waals surface area contributed by atoms with Gasteiger partial charge in [-0.05, 0) is 0 Å². The van der Waals surface area contributed by atoms with Crippen LogP contribution in [0.15, 0.2) is 0 Å². The van der Waals surface area contributed by atoms with Gasteiger partial charge in [-0.3, -0.25) is 0 Å². The lowest BCUT2D eigenvalue weighted by Gasteiger charge is -2.62. The predicted molar refractivity (Wildman–Crippen MR) is 52.1 cm³/mol. The molecule has 0 amide bonds. The van der Waals surface area contributed by atoms with Gasteiger partial charge in [0.1, 0.15) is 6.10 Å². The SMILES string of the molecule is COC1C2OC3(C)OC(C2C)C(C)C1O3. The van der Waals surface area contributed by atoms with Crippen LogP contribution in [-0.4, -0.2) is 37.5 Å². The second-order valence-electron chi connectivity index (χ2n) is 5.03. The molecule has 0 spiro atoms. The normalized spacial score (nSPS) is 62.4. The Morgan fingerprint density at radius 1 is 0.933 bits per heavy atom. The molecule has 0 radical (unpaired) electrons. The molecule has 86 valence electrons. The van der Waals surface area contributed by atoms with Crippen molar-refractivity contribution in [3.8, 4) is 0 Å². The van der Waals surface area contributed by atoms with E-state index < -0.39 is 5.97 Å². The van der Waals surface area contributed by atoms with Crippen molar-refractivity contribution in [2.45, 2.75) is 51.2 Å². The monoisotopic (exact) mass is 214 g/mol. The molecule has 4 bridgehead atoms. The number of hydrogen-bond acceptors (Lipinski definition) is 4. The second kappa shape index (κ2) is 2.94. The van der Waals surface area contributed by atoms with Gasteiger partial charge >= 0.3 is 0 Å². The molecule has 4 atom stereocenters. The highest BCUT2D eigenvalue weighted by atomic mass is 16.9. The summed E-state index contributed by atoms with van der Waals surface area (Å²) >= 11 is 0. The number of hydrogen-bond donors (Lipinski definition) is 0. The fraction of sp³-hybridized carbons (Fsp3) is 1.00. The van der Waals surface area contributed by atoms with Crippen molar-refractivity contribution in [3.63, 3.8) is 0 Å². The van der Waals surface area contributed by atoms with E-state index in [0.29, 0.717) is 11.8 Å². The summed E-state index contributed by atoms with van der Waals surface area (Å²) in [4.78, 5) is 0. The van der Waals surface area contributed by atoms with Gasteiger partial charge in [-0.15, -0.1) is 0 Å². The molecule has 4 unspecified atom stereocenters. The average Bonchev–Trinajstić information content (AvgIpc) is 2.20. The lowest BCUT2D eigenvalue weighted by Crippen LogP contribution is -2.73. The first-order valence-electron chi connectivity index (χ1n) is 5.62. The van der Waals surface area contributed by atoms with Crippen LogP contribution in [0, 0.1) is 11.8 Å². The molecule has 4 nitrogen and oxygen atoms in total. The summed E-state index contributed by atoms with van der Waals surface area (Å²) in [7, 11) is 1.72. The van der Waals surface area contributed by atoms with Gasteiger partial charge in [-0.1, -0.05) is 13.8 Å². The zero-order valence-corrected chi connectivity index (χ0v) is 9.60. The van der Waals surface area contributed by atoms with Gasteiger partial charge < -0.3 is 18.9 Å². The van der Waals surface area contributed by atoms with E-state index in [0.717, 1.165) is 0 Å². The first-order chi connectivity index (χ1) is 7.06. The van der Waals surface area contributed by atoms with Crippen LogP contribution >= 0.6 is 0 Å². The first-order valence-corrected chi connectivity index (χ1v) is 5.62. The molecule has 3 heterocycles. The highest BCUT2D eigenvalue weighted by Crippen LogP contribution is 2.50. The molecule has 15 heavy (non-hydrogen) atoms. The van der Waals surface area contributed by atoms with E-state index in [-0.39, 0.29) is 24.4 Å². The van der Waals surface area contributed by atoms with Gasteiger partial charge in [0.25, 0.3) is 5.97 Å². The molecule has 4 aliphatic rings. The van der Waals surface area contributed by atoms with Crippen LogP contribution in [0.4, 0.5) is 0 Å². The van der Waals surface area contributed by atoms with Crippen molar-refractivity contribution in [1.29, 1.82) is 0 Å². The van der Waals surface area contributed by atoms with Gasteiger partial charge in [-0.2, -0.15) is 0 Å². The second-order valence-corrected chi connectivity index (χ2v) is 5.03. The van der Waals surface area contributed by atoms with E-state index in [1.54, 1.807) is 7.11 Å². The standard InChI is InChI=1S/C11H18O4/c1-5-7-6(2)9-10(12-4)8(5)14-11(3,13-7)15-9/h5-10H,1-4H3. The first kappa shape index (κ1) is 10.0. The minimum atomic E-state index is -0.839. The maximum atomic E-state index is 5.83. The van der Waals surface area contributed by atoms with Crippen molar-refractivity contribution in [2.75, 3.05) is 7.11 Å². The zero-order chi connectivity index (χ0) is 10.8. The van der Waals surface area contributed by atoms with E-state index in [1.165, 1.54) is 0 Å². The molecule has 4 heteroatoms. The van der Waals surface area contributed by atoms with Crippen LogP contribution in [0.25, 0.3) is 0 Å². The van der Waals surface area contributed by atoms with Crippen molar-refractivity contribution in [1.82, 2.24) is 0 Å². The van der Waals surface area contributed by atoms with Crippen LogP contribution < -0.4 is 0 Å². The summed E-state index contributed by atoms with van der Waals surface area (Å²) < 4.78 is 22.9. The van der Waals surface area contributed by atoms with Crippen molar-refractivity contribution in [2.24, 2.45) is 11.8 Å². The summed E-state index contributed by atoms with van der Waals surface area (Å²) in [5.74, 6) is -0.0926. The quantitative estimate of drug-likeness (QED) is 0.656. The van der Waals surface area contributed by atoms with Gasteiger partial charge in [0, 0.05) is 25.9 Å². The summed E-state index contributed by atoms with van der Waals surface area (Å²) in [6, 6.07) is 0. The highest BCUT2D eigenvalue weighted by Gasteiger charge is 2.63. The molecule has 0 aromatic carbocycles. The van der Waals surface area contributed by atoms with Gasteiger partial charge in [-0.25, -0.2) is 0 Å². The molecule has 4 rings (SSSR count). The molecule has 4 fully saturated rings. The van der Waals surface area contributed by atoms with Crippen LogP contribution in [0.5, 0.6) is 0 Å². The van der Waals surface area contributed by atoms with Crippen LogP contribution in [0.3, 0.4) is 0 Å². The Balaban J connectivity index is 1.98. The Kier molecular flexibility index (Phi) is 1.97. The third-order valence-corrected chi connectivity index (χ3v) is 4.04. The molecule has 3 aliphatic heterocycles. The molecule has 0 N–H and O–H groups in total. The largest absolute Gasteiger partial charge is 0.376 e. The zero-order valence-electron chi connectivity index (χ0n) is 9.60. The summed E-state index contributed by atoms with van der Waals surface area (Å²) in [6.45, 7) is 6.18. The van der Waals surface area contributed by atoms with Gasteiger partial charge in [0.05, 0.1) is 18.3 Å². The molecular formula is C11H18O4. The van der Waals surface area contributed by atoms with Gasteiger partial charge in [0.2, 0.25) is 0 Å². The number of ether oxygens (including phenoxy) is 4. The lowest BCUT2D eigenvalue weighted by atomic mass is 9.72. The van der Waals surface area contributed by atoms with Gasteiger partial charge in [0.15, 0.2) is 0 Å². The third kappa shape index (κ3) is 1.16. The Hall–Kier alpha value is -0.160. The van der Waals surface area contributed by atoms with Crippen molar-refractivity contribution >= 4 is 0 Å². The molecule has 3 saturated heterocycles. The summed E-state index contributed by atoms with van der Waals surface area (Å²) in [6.07, 6.45) is 0.490. The Morgan fingerprint density at radius 3 is 1.87 bits per heavy atom. The molecular weight excluding hydrogens is 196 g/mol. The third-order valence-electron chi connectivity index (χ3n) is 4.04. The fourth-order valence-corrected chi connectivity index (χ4v) is 3.29. The lowest BCUT2D eigenvalue weighted by molar-refractivity contribution is -0.524. The minimum Gasteiger partial charge on any atom is -0.376 e. The maximum Gasteiger partial charge on any atom is 0.280 e. The van der Waals surface area contributed by atoms with Crippen LogP contribution in [0.1, 0.15) is 20.8 Å². The van der Waals surface area contributed by atoms with E-state index in [9.17, 15) is 0 Å². The van der Waals surface area contributed by atoms with Crippen LogP contribution in [0.2, 0.25) is 0 Å². The van der Waals surface area contributed by atoms with E-state index >= 15 is 0 Å². The molecule has 1 saturated carbocycles. The average molecular weight is 214 g/mol. The summed E-state index contributed by atoms with van der Waals surface area (Å²) in [5.41, 5.74) is 0. The van der Waals surface area contributed by atoms with Crippen molar-refractivity contribution in [3.05, 3.63) is 0 Å². The topological polar surface area (TPSA) is 36.9 Å². The smallest absolute Gasteiger partial charge is 0.280 e. The number of rotatable bonds is 1. The Morgan fingerprint density at radius 2 is 1.40 bits per heavy atom. The van der Waals surface area contributed by atoms with Crippen molar-refractivity contribution < 1.29 is 18.9 Å². The highest BCUT2D eigenvalue weighted by molar-refractivity contribution is 5.04. The fourth-order valence-electron chi connectivity index (χ4n) is 3.29. The Labute approximate surface area is 89.8 Å². The predicted octanol–water partition coefficient (Wildman–Crippen LogP) is 1.14. The molecule has 0 aromatic rings. The maximum absolute atomic E-state index is 5.83. The van der Waals surface area contributed by atoms with E-state index in [1.807, 2.05) is 6.92 Å².